The molecule has 2 fully saturated rings. The first-order valence-electron chi connectivity index (χ1n) is 6.92. The van der Waals surface area contributed by atoms with Gasteiger partial charge in [0.25, 0.3) is 6.43 Å². The van der Waals surface area contributed by atoms with Crippen LogP contribution in [-0.2, 0) is 0 Å². The van der Waals surface area contributed by atoms with Gasteiger partial charge in [0.05, 0.1) is 6.54 Å². The van der Waals surface area contributed by atoms with Gasteiger partial charge in [-0.2, -0.15) is 0 Å². The van der Waals surface area contributed by atoms with Gasteiger partial charge in [0.15, 0.2) is 0 Å². The molecule has 1 heterocycles. The second-order valence-corrected chi connectivity index (χ2v) is 5.57. The number of hydrogen-bond donors (Lipinski definition) is 1. The largest absolute Gasteiger partial charge is 0.307 e. The van der Waals surface area contributed by atoms with Crippen molar-refractivity contribution in [1.82, 2.24) is 10.2 Å². The zero-order valence-electron chi connectivity index (χ0n) is 10.7. The molecule has 0 aromatic heterocycles. The maximum absolute atomic E-state index is 12.2. The molecule has 2 atom stereocenters. The number of alkyl halides is 2. The molecule has 0 bridgehead atoms. The molecule has 0 aromatic carbocycles. The summed E-state index contributed by atoms with van der Waals surface area (Å²) >= 11 is 0. The van der Waals surface area contributed by atoms with Crippen molar-refractivity contribution in [2.45, 2.75) is 57.5 Å². The van der Waals surface area contributed by atoms with E-state index in [0.717, 1.165) is 31.8 Å². The number of likely N-dealkylation sites (tertiary alicyclic amines) is 1. The third-order valence-corrected chi connectivity index (χ3v) is 4.42. The van der Waals surface area contributed by atoms with Crippen LogP contribution in [0.1, 0.15) is 39.0 Å². The predicted molar refractivity (Wildman–Crippen MR) is 65.4 cm³/mol. The van der Waals surface area contributed by atoms with Crippen molar-refractivity contribution in [3.8, 4) is 0 Å². The summed E-state index contributed by atoms with van der Waals surface area (Å²) in [7, 11) is 0. The van der Waals surface area contributed by atoms with Crippen LogP contribution in [0.5, 0.6) is 0 Å². The lowest BCUT2D eigenvalue weighted by Crippen LogP contribution is -2.52. The molecule has 17 heavy (non-hydrogen) atoms. The minimum Gasteiger partial charge on any atom is -0.307 e. The summed E-state index contributed by atoms with van der Waals surface area (Å²) in [6, 6.07) is 0.903. The normalized spacial score (nSPS) is 29.3. The molecule has 2 unspecified atom stereocenters. The highest BCUT2D eigenvalue weighted by molar-refractivity contribution is 4.87. The zero-order chi connectivity index (χ0) is 12.3. The van der Waals surface area contributed by atoms with E-state index in [0.29, 0.717) is 6.04 Å². The number of piperidine rings is 1. The SMILES string of the molecule is CC(C1CCC1)N1CCCC(NCC(F)F)C1. The molecule has 2 rings (SSSR count). The monoisotopic (exact) mass is 246 g/mol. The van der Waals surface area contributed by atoms with E-state index in [1.807, 2.05) is 0 Å². The van der Waals surface area contributed by atoms with E-state index in [2.05, 4.69) is 17.1 Å². The summed E-state index contributed by atoms with van der Waals surface area (Å²) in [6.07, 6.45) is 4.03. The Morgan fingerprint density at radius 3 is 2.59 bits per heavy atom. The van der Waals surface area contributed by atoms with Crippen molar-refractivity contribution < 1.29 is 8.78 Å². The van der Waals surface area contributed by atoms with Crippen LogP contribution >= 0.6 is 0 Å². The summed E-state index contributed by atoms with van der Waals surface area (Å²) in [6.45, 7) is 4.24. The first-order valence-corrected chi connectivity index (χ1v) is 6.92. The molecular weight excluding hydrogens is 222 g/mol. The van der Waals surface area contributed by atoms with E-state index in [4.69, 9.17) is 0 Å². The molecule has 4 heteroatoms. The van der Waals surface area contributed by atoms with Gasteiger partial charge in [0.2, 0.25) is 0 Å². The number of halogens is 2. The van der Waals surface area contributed by atoms with E-state index in [9.17, 15) is 8.78 Å². The topological polar surface area (TPSA) is 15.3 Å². The molecule has 2 aliphatic rings. The molecular formula is C13H24F2N2. The predicted octanol–water partition coefficient (Wildman–Crippen LogP) is 2.49. The highest BCUT2D eigenvalue weighted by atomic mass is 19.3. The van der Waals surface area contributed by atoms with E-state index >= 15 is 0 Å². The molecule has 2 nitrogen and oxygen atoms in total. The van der Waals surface area contributed by atoms with Crippen LogP contribution in [-0.4, -0.2) is 43.0 Å². The molecule has 1 aliphatic heterocycles. The van der Waals surface area contributed by atoms with Crippen LogP contribution < -0.4 is 5.32 Å². The molecule has 1 aliphatic carbocycles. The van der Waals surface area contributed by atoms with E-state index in [1.165, 1.54) is 19.3 Å². The van der Waals surface area contributed by atoms with Crippen molar-refractivity contribution in [3.05, 3.63) is 0 Å². The average Bonchev–Trinajstić information content (AvgIpc) is 2.24. The Morgan fingerprint density at radius 2 is 2.00 bits per heavy atom. The Labute approximate surface area is 103 Å². The molecule has 0 radical (unpaired) electrons. The zero-order valence-corrected chi connectivity index (χ0v) is 10.7. The van der Waals surface area contributed by atoms with Gasteiger partial charge < -0.3 is 5.32 Å². The van der Waals surface area contributed by atoms with Gasteiger partial charge in [-0.25, -0.2) is 8.78 Å². The Morgan fingerprint density at radius 1 is 1.24 bits per heavy atom. The molecule has 1 saturated carbocycles. The molecule has 0 aromatic rings. The van der Waals surface area contributed by atoms with Crippen LogP contribution in [0.15, 0.2) is 0 Å². The van der Waals surface area contributed by atoms with Crippen LogP contribution in [0, 0.1) is 5.92 Å². The number of rotatable bonds is 5. The summed E-state index contributed by atoms with van der Waals surface area (Å²) < 4.78 is 24.3. The summed E-state index contributed by atoms with van der Waals surface area (Å²) in [5.74, 6) is 0.851. The Hall–Kier alpha value is -0.220. The van der Waals surface area contributed by atoms with Gasteiger partial charge >= 0.3 is 0 Å². The lowest BCUT2D eigenvalue weighted by molar-refractivity contribution is 0.0696. The molecule has 1 saturated heterocycles. The summed E-state index contributed by atoms with van der Waals surface area (Å²) in [5, 5.41) is 2.99. The van der Waals surface area contributed by atoms with Gasteiger partial charge in [0.1, 0.15) is 0 Å². The highest BCUT2D eigenvalue weighted by Crippen LogP contribution is 2.33. The number of nitrogens with one attached hydrogen (secondary N) is 1. The van der Waals surface area contributed by atoms with Crippen molar-refractivity contribution in [3.63, 3.8) is 0 Å². The third-order valence-electron chi connectivity index (χ3n) is 4.42. The molecule has 0 spiro atoms. The number of nitrogens with zero attached hydrogens (tertiary/aromatic N) is 1. The third kappa shape index (κ3) is 3.62. The van der Waals surface area contributed by atoms with Crippen molar-refractivity contribution >= 4 is 0 Å². The first kappa shape index (κ1) is 13.2. The smallest absolute Gasteiger partial charge is 0.250 e. The Balaban J connectivity index is 1.75. The Bertz CT molecular complexity index is 231. The van der Waals surface area contributed by atoms with Crippen LogP contribution in [0.2, 0.25) is 0 Å². The lowest BCUT2D eigenvalue weighted by Gasteiger charge is -2.43. The van der Waals surface area contributed by atoms with Gasteiger partial charge in [0, 0.05) is 18.6 Å². The van der Waals surface area contributed by atoms with Gasteiger partial charge in [-0.3, -0.25) is 4.90 Å². The minimum atomic E-state index is -2.23. The van der Waals surface area contributed by atoms with Gasteiger partial charge in [-0.1, -0.05) is 6.42 Å². The fourth-order valence-electron chi connectivity index (χ4n) is 3.02. The highest BCUT2D eigenvalue weighted by Gasteiger charge is 2.31. The maximum atomic E-state index is 12.2. The van der Waals surface area contributed by atoms with Gasteiger partial charge in [-0.15, -0.1) is 0 Å². The number of hydrogen-bond acceptors (Lipinski definition) is 2. The summed E-state index contributed by atoms with van der Waals surface area (Å²) in [4.78, 5) is 2.50. The average molecular weight is 246 g/mol. The summed E-state index contributed by atoms with van der Waals surface area (Å²) in [5.41, 5.74) is 0. The van der Waals surface area contributed by atoms with Crippen molar-refractivity contribution in [2.75, 3.05) is 19.6 Å². The fraction of sp³-hybridized carbons (Fsp3) is 1.00. The van der Waals surface area contributed by atoms with Gasteiger partial charge in [-0.05, 0) is 45.1 Å². The van der Waals surface area contributed by atoms with E-state index in [1.54, 1.807) is 0 Å². The van der Waals surface area contributed by atoms with Crippen molar-refractivity contribution in [2.24, 2.45) is 5.92 Å². The fourth-order valence-corrected chi connectivity index (χ4v) is 3.02. The van der Waals surface area contributed by atoms with Crippen LogP contribution in [0.4, 0.5) is 8.78 Å². The van der Waals surface area contributed by atoms with E-state index < -0.39 is 6.43 Å². The molecule has 0 amide bonds. The molecule has 100 valence electrons. The Kier molecular flexibility index (Phi) is 4.74. The second kappa shape index (κ2) is 6.10. The maximum Gasteiger partial charge on any atom is 0.250 e. The van der Waals surface area contributed by atoms with E-state index in [-0.39, 0.29) is 12.6 Å². The van der Waals surface area contributed by atoms with Crippen molar-refractivity contribution in [1.29, 1.82) is 0 Å². The molecule has 1 N–H and O–H groups in total. The quantitative estimate of drug-likeness (QED) is 0.802. The lowest BCUT2D eigenvalue weighted by atomic mass is 9.79. The first-order chi connectivity index (χ1) is 8.16. The van der Waals surface area contributed by atoms with Crippen LogP contribution in [0.3, 0.4) is 0 Å². The minimum absolute atomic E-state index is 0.156. The standard InChI is InChI=1S/C13H24F2N2/c1-10(11-4-2-5-11)17-7-3-6-12(9-17)16-8-13(14)15/h10-13,16H,2-9H2,1H3. The van der Waals surface area contributed by atoms with Crippen LogP contribution in [0.25, 0.3) is 0 Å². The second-order valence-electron chi connectivity index (χ2n) is 5.57.